The largest absolute Gasteiger partial charge is 0.346 e. The molecule has 0 aromatic carbocycles. The normalized spacial score (nSPS) is 21.6. The maximum Gasteiger partial charge on any atom is 0.189 e. The molecule has 1 fully saturated rings. The van der Waals surface area contributed by atoms with Gasteiger partial charge in [0.15, 0.2) is 8.03 Å². The van der Waals surface area contributed by atoms with Gasteiger partial charge < -0.3 is 4.89 Å². The minimum atomic E-state index is -2.19. The molecule has 1 rings (SSSR count). The highest BCUT2D eigenvalue weighted by molar-refractivity contribution is 7.37. The minimum Gasteiger partial charge on any atom is -0.346 e. The lowest BCUT2D eigenvalue weighted by Crippen LogP contribution is -2.05. The topological polar surface area (TPSA) is 37.3 Å². The smallest absolute Gasteiger partial charge is 0.189 e. The Morgan fingerprint density at radius 3 is 2.46 bits per heavy atom. The fourth-order valence-electron chi connectivity index (χ4n) is 2.19. The van der Waals surface area contributed by atoms with Gasteiger partial charge in [0, 0.05) is 6.16 Å². The first-order chi connectivity index (χ1) is 6.29. The van der Waals surface area contributed by atoms with Crippen LogP contribution in [0, 0.1) is 5.92 Å². The van der Waals surface area contributed by atoms with E-state index >= 15 is 0 Å². The minimum absolute atomic E-state index is 0.539. The van der Waals surface area contributed by atoms with Crippen molar-refractivity contribution >= 4 is 8.03 Å². The van der Waals surface area contributed by atoms with Gasteiger partial charge in [0.1, 0.15) is 0 Å². The van der Waals surface area contributed by atoms with E-state index in [4.69, 9.17) is 4.89 Å². The van der Waals surface area contributed by atoms with Crippen LogP contribution in [0.25, 0.3) is 0 Å². The van der Waals surface area contributed by atoms with Crippen LogP contribution in [0.2, 0.25) is 0 Å². The first-order valence-corrected chi connectivity index (χ1v) is 7.07. The third kappa shape index (κ3) is 5.49. The molecule has 1 unspecified atom stereocenters. The number of unbranched alkanes of at least 4 members (excludes halogenated alkanes) is 1. The van der Waals surface area contributed by atoms with E-state index in [0.717, 1.165) is 18.8 Å². The highest BCUT2D eigenvalue weighted by Gasteiger charge is 2.12. The molecule has 3 heteroatoms. The third-order valence-electron chi connectivity index (χ3n) is 2.98. The van der Waals surface area contributed by atoms with Crippen LogP contribution in [0.1, 0.15) is 51.4 Å². The van der Waals surface area contributed by atoms with Gasteiger partial charge in [-0.25, -0.2) is 0 Å². The summed E-state index contributed by atoms with van der Waals surface area (Å²) in [5.41, 5.74) is 0. The molecule has 1 aliphatic carbocycles. The van der Waals surface area contributed by atoms with E-state index in [9.17, 15) is 4.57 Å². The monoisotopic (exact) mass is 204 g/mol. The van der Waals surface area contributed by atoms with E-state index in [2.05, 4.69) is 0 Å². The van der Waals surface area contributed by atoms with Gasteiger partial charge >= 0.3 is 0 Å². The second-order valence-electron chi connectivity index (χ2n) is 4.14. The molecule has 0 amide bonds. The average molecular weight is 204 g/mol. The summed E-state index contributed by atoms with van der Waals surface area (Å²) in [5, 5.41) is 0. The molecule has 0 saturated heterocycles. The highest BCUT2D eigenvalue weighted by atomic mass is 31.1. The van der Waals surface area contributed by atoms with Gasteiger partial charge in [-0.2, -0.15) is 0 Å². The quantitative estimate of drug-likeness (QED) is 0.551. The molecule has 13 heavy (non-hydrogen) atoms. The third-order valence-corrected chi connectivity index (χ3v) is 3.76. The molecule has 1 saturated carbocycles. The molecule has 0 aromatic rings. The summed E-state index contributed by atoms with van der Waals surface area (Å²) >= 11 is 0. The second-order valence-corrected chi connectivity index (χ2v) is 5.43. The van der Waals surface area contributed by atoms with Crippen LogP contribution in [0.5, 0.6) is 0 Å². The second kappa shape index (κ2) is 6.62. The first kappa shape index (κ1) is 11.3. The first-order valence-electron chi connectivity index (χ1n) is 5.51. The summed E-state index contributed by atoms with van der Waals surface area (Å²) in [6, 6.07) is 0. The molecule has 1 aliphatic rings. The molecular formula is C10H21O2P. The van der Waals surface area contributed by atoms with E-state index in [0.29, 0.717) is 6.16 Å². The van der Waals surface area contributed by atoms with Gasteiger partial charge in [0.05, 0.1) is 0 Å². The predicted octanol–water partition coefficient (Wildman–Crippen LogP) is 3.20. The molecule has 1 atom stereocenters. The summed E-state index contributed by atoms with van der Waals surface area (Å²) in [6.07, 6.45) is 10.9. The van der Waals surface area contributed by atoms with E-state index in [-0.39, 0.29) is 0 Å². The van der Waals surface area contributed by atoms with Gasteiger partial charge in [-0.15, -0.1) is 0 Å². The molecular weight excluding hydrogens is 183 g/mol. The van der Waals surface area contributed by atoms with Crippen LogP contribution in [0.15, 0.2) is 0 Å². The molecule has 0 heterocycles. The fourth-order valence-corrected chi connectivity index (χ4v) is 2.74. The standard InChI is InChI=1S/C10H21O2P/c11-13(12)9-5-4-8-10-6-2-1-3-7-10/h10,13H,1-9H2,(H,11,12). The predicted molar refractivity (Wildman–Crippen MR) is 56.5 cm³/mol. The zero-order valence-corrected chi connectivity index (χ0v) is 9.30. The lowest BCUT2D eigenvalue weighted by molar-refractivity contribution is 0.331. The van der Waals surface area contributed by atoms with Crippen molar-refractivity contribution < 1.29 is 9.46 Å². The molecule has 0 spiro atoms. The molecule has 0 bridgehead atoms. The summed E-state index contributed by atoms with van der Waals surface area (Å²) in [4.78, 5) is 8.64. The maximum absolute atomic E-state index is 10.4. The van der Waals surface area contributed by atoms with Crippen molar-refractivity contribution in [3.63, 3.8) is 0 Å². The molecule has 1 N–H and O–H groups in total. The Labute approximate surface area is 81.6 Å². The van der Waals surface area contributed by atoms with Crippen LogP contribution >= 0.6 is 8.03 Å². The molecule has 78 valence electrons. The number of hydrogen-bond acceptors (Lipinski definition) is 1. The summed E-state index contributed by atoms with van der Waals surface area (Å²) in [6.45, 7) is 0. The van der Waals surface area contributed by atoms with Crippen molar-refractivity contribution in [3.8, 4) is 0 Å². The van der Waals surface area contributed by atoms with Gasteiger partial charge in [-0.3, -0.25) is 4.57 Å². The van der Waals surface area contributed by atoms with Crippen molar-refractivity contribution in [2.75, 3.05) is 6.16 Å². The van der Waals surface area contributed by atoms with Crippen molar-refractivity contribution in [2.24, 2.45) is 5.92 Å². The van der Waals surface area contributed by atoms with Gasteiger partial charge in [0.2, 0.25) is 0 Å². The number of rotatable bonds is 5. The Bertz CT molecular complexity index is 153. The Morgan fingerprint density at radius 2 is 1.85 bits per heavy atom. The van der Waals surface area contributed by atoms with Crippen LogP contribution in [-0.2, 0) is 4.57 Å². The van der Waals surface area contributed by atoms with Gasteiger partial charge in [-0.1, -0.05) is 44.9 Å². The SMILES string of the molecule is O=[PH](O)CCCCC1CCCCC1. The maximum atomic E-state index is 10.4. The van der Waals surface area contributed by atoms with Gasteiger partial charge in [0.25, 0.3) is 0 Å². The van der Waals surface area contributed by atoms with Crippen molar-refractivity contribution in [2.45, 2.75) is 51.4 Å². The van der Waals surface area contributed by atoms with E-state index in [1.165, 1.54) is 38.5 Å². The lowest BCUT2D eigenvalue weighted by atomic mass is 9.86. The molecule has 0 radical (unpaired) electrons. The Hall–Kier alpha value is 0.190. The molecule has 0 aliphatic heterocycles. The fraction of sp³-hybridized carbons (Fsp3) is 1.00. The zero-order chi connectivity index (χ0) is 9.52. The summed E-state index contributed by atoms with van der Waals surface area (Å²) in [5.74, 6) is 0.926. The van der Waals surface area contributed by atoms with Crippen molar-refractivity contribution in [3.05, 3.63) is 0 Å². The van der Waals surface area contributed by atoms with E-state index < -0.39 is 8.03 Å². The summed E-state index contributed by atoms with van der Waals surface area (Å²) in [7, 11) is -2.19. The average Bonchev–Trinajstić information content (AvgIpc) is 2.14. The van der Waals surface area contributed by atoms with E-state index in [1.54, 1.807) is 0 Å². The Morgan fingerprint density at radius 1 is 1.15 bits per heavy atom. The summed E-state index contributed by atoms with van der Waals surface area (Å²) < 4.78 is 10.4. The van der Waals surface area contributed by atoms with Crippen LogP contribution in [-0.4, -0.2) is 11.1 Å². The van der Waals surface area contributed by atoms with Crippen LogP contribution in [0.3, 0.4) is 0 Å². The Balaban J connectivity index is 1.95. The van der Waals surface area contributed by atoms with Crippen molar-refractivity contribution in [1.29, 1.82) is 0 Å². The molecule has 2 nitrogen and oxygen atoms in total. The van der Waals surface area contributed by atoms with E-state index in [1.807, 2.05) is 0 Å². The van der Waals surface area contributed by atoms with Crippen molar-refractivity contribution in [1.82, 2.24) is 0 Å². The zero-order valence-electron chi connectivity index (χ0n) is 8.30. The lowest BCUT2D eigenvalue weighted by Gasteiger charge is -2.21. The number of hydrogen-bond donors (Lipinski definition) is 1. The van der Waals surface area contributed by atoms with Crippen LogP contribution < -0.4 is 0 Å². The highest BCUT2D eigenvalue weighted by Crippen LogP contribution is 2.28. The Kier molecular flexibility index (Phi) is 5.73. The van der Waals surface area contributed by atoms with Gasteiger partial charge in [-0.05, 0) is 12.3 Å². The molecule has 0 aromatic heterocycles. The van der Waals surface area contributed by atoms with Crippen LogP contribution in [0.4, 0.5) is 0 Å².